The number of ether oxygens (including phenoxy) is 1. The van der Waals surface area contributed by atoms with Crippen molar-refractivity contribution in [1.29, 1.82) is 0 Å². The zero-order chi connectivity index (χ0) is 20.4. The van der Waals surface area contributed by atoms with Crippen molar-refractivity contribution in [3.05, 3.63) is 65.5 Å². The van der Waals surface area contributed by atoms with E-state index in [9.17, 15) is 14.0 Å². The SMILES string of the molecule is COc1cccc(CC(=O)N2[C@@H]3CC[C@H]2CC(NC(=O)c2ccc(F)cc2)C3)c1. The van der Waals surface area contributed by atoms with Gasteiger partial charge in [-0.05, 0) is 67.6 Å². The third-order valence-electron chi connectivity index (χ3n) is 5.95. The van der Waals surface area contributed by atoms with Crippen LogP contribution in [0.3, 0.4) is 0 Å². The average Bonchev–Trinajstić information content (AvgIpc) is 2.99. The Balaban J connectivity index is 1.37. The first kappa shape index (κ1) is 19.4. The fraction of sp³-hybridized carbons (Fsp3) is 0.391. The number of halogens is 1. The van der Waals surface area contributed by atoms with E-state index >= 15 is 0 Å². The predicted molar refractivity (Wildman–Crippen MR) is 107 cm³/mol. The van der Waals surface area contributed by atoms with Crippen LogP contribution in [0.4, 0.5) is 4.39 Å². The minimum Gasteiger partial charge on any atom is -0.497 e. The van der Waals surface area contributed by atoms with E-state index in [1.807, 2.05) is 29.2 Å². The van der Waals surface area contributed by atoms with Crippen molar-refractivity contribution in [1.82, 2.24) is 10.2 Å². The van der Waals surface area contributed by atoms with Crippen LogP contribution in [0.15, 0.2) is 48.5 Å². The molecule has 4 rings (SSSR count). The van der Waals surface area contributed by atoms with Gasteiger partial charge in [-0.15, -0.1) is 0 Å². The van der Waals surface area contributed by atoms with Crippen molar-refractivity contribution in [3.8, 4) is 5.75 Å². The summed E-state index contributed by atoms with van der Waals surface area (Å²) in [6.45, 7) is 0. The van der Waals surface area contributed by atoms with Crippen LogP contribution in [-0.2, 0) is 11.2 Å². The number of nitrogens with one attached hydrogen (secondary N) is 1. The van der Waals surface area contributed by atoms with E-state index in [1.165, 1.54) is 24.3 Å². The summed E-state index contributed by atoms with van der Waals surface area (Å²) in [4.78, 5) is 27.4. The monoisotopic (exact) mass is 396 g/mol. The minimum atomic E-state index is -0.359. The molecule has 2 aromatic rings. The smallest absolute Gasteiger partial charge is 0.251 e. The minimum absolute atomic E-state index is 0.0333. The topological polar surface area (TPSA) is 58.6 Å². The molecule has 2 aromatic carbocycles. The number of hydrogen-bond acceptors (Lipinski definition) is 3. The van der Waals surface area contributed by atoms with Gasteiger partial charge in [0.2, 0.25) is 5.91 Å². The second-order valence-corrected chi connectivity index (χ2v) is 7.86. The van der Waals surface area contributed by atoms with Crippen LogP contribution >= 0.6 is 0 Å². The number of piperidine rings is 1. The standard InChI is InChI=1S/C23H25FN2O3/c1-29-21-4-2-3-15(11-21)12-22(27)26-19-9-10-20(26)14-18(13-19)25-23(28)16-5-7-17(24)8-6-16/h2-8,11,18-20H,9-10,12-14H2,1H3,(H,25,28)/t18?,19-,20+. The lowest BCUT2D eigenvalue weighted by Gasteiger charge is -2.39. The highest BCUT2D eigenvalue weighted by Crippen LogP contribution is 2.36. The molecular formula is C23H25FN2O3. The van der Waals surface area contributed by atoms with Gasteiger partial charge in [-0.2, -0.15) is 0 Å². The van der Waals surface area contributed by atoms with E-state index in [4.69, 9.17) is 4.74 Å². The molecule has 2 amide bonds. The maximum absolute atomic E-state index is 13.1. The fourth-order valence-electron chi connectivity index (χ4n) is 4.62. The highest BCUT2D eigenvalue weighted by molar-refractivity contribution is 5.94. The third kappa shape index (κ3) is 4.26. The van der Waals surface area contributed by atoms with Gasteiger partial charge in [-0.1, -0.05) is 12.1 Å². The summed E-state index contributed by atoms with van der Waals surface area (Å²) >= 11 is 0. The molecule has 152 valence electrons. The van der Waals surface area contributed by atoms with Gasteiger partial charge in [0.25, 0.3) is 5.91 Å². The number of hydrogen-bond donors (Lipinski definition) is 1. The van der Waals surface area contributed by atoms with Crippen LogP contribution < -0.4 is 10.1 Å². The maximum Gasteiger partial charge on any atom is 0.251 e. The first-order valence-corrected chi connectivity index (χ1v) is 10.0. The van der Waals surface area contributed by atoms with Gasteiger partial charge in [0, 0.05) is 23.7 Å². The molecule has 3 atom stereocenters. The zero-order valence-electron chi connectivity index (χ0n) is 16.4. The number of carbonyl (C=O) groups excluding carboxylic acids is 2. The molecule has 2 aliphatic heterocycles. The third-order valence-corrected chi connectivity index (χ3v) is 5.95. The number of carbonyl (C=O) groups is 2. The van der Waals surface area contributed by atoms with E-state index in [2.05, 4.69) is 5.32 Å². The first-order valence-electron chi connectivity index (χ1n) is 10.0. The van der Waals surface area contributed by atoms with Gasteiger partial charge in [0.1, 0.15) is 11.6 Å². The number of rotatable bonds is 5. The lowest BCUT2D eigenvalue weighted by Crippen LogP contribution is -2.52. The van der Waals surface area contributed by atoms with Gasteiger partial charge in [-0.25, -0.2) is 4.39 Å². The number of amides is 2. The summed E-state index contributed by atoms with van der Waals surface area (Å²) in [5.41, 5.74) is 1.40. The van der Waals surface area contributed by atoms with Gasteiger partial charge < -0.3 is 15.0 Å². The molecule has 0 aromatic heterocycles. The molecule has 1 unspecified atom stereocenters. The van der Waals surface area contributed by atoms with Gasteiger partial charge in [0.05, 0.1) is 13.5 Å². The molecule has 2 fully saturated rings. The van der Waals surface area contributed by atoms with Gasteiger partial charge in [-0.3, -0.25) is 9.59 Å². The van der Waals surface area contributed by atoms with Crippen molar-refractivity contribution in [2.75, 3.05) is 7.11 Å². The Morgan fingerprint density at radius 3 is 2.45 bits per heavy atom. The molecule has 0 spiro atoms. The summed E-state index contributed by atoms with van der Waals surface area (Å²) in [7, 11) is 1.62. The van der Waals surface area contributed by atoms with Crippen molar-refractivity contribution in [2.45, 2.75) is 50.2 Å². The molecule has 5 nitrogen and oxygen atoms in total. The summed E-state index contributed by atoms with van der Waals surface area (Å²) in [6, 6.07) is 13.5. The van der Waals surface area contributed by atoms with Gasteiger partial charge in [0.15, 0.2) is 0 Å². The lowest BCUT2D eigenvalue weighted by atomic mass is 9.96. The molecule has 0 radical (unpaired) electrons. The fourth-order valence-corrected chi connectivity index (χ4v) is 4.62. The number of fused-ring (bicyclic) bond motifs is 2. The van der Waals surface area contributed by atoms with E-state index in [-0.39, 0.29) is 35.8 Å². The second kappa shape index (κ2) is 8.23. The van der Waals surface area contributed by atoms with Crippen molar-refractivity contribution < 1.29 is 18.7 Å². The number of benzene rings is 2. The van der Waals surface area contributed by atoms with Crippen LogP contribution in [0.25, 0.3) is 0 Å². The van der Waals surface area contributed by atoms with Crippen LogP contribution in [-0.4, -0.2) is 41.9 Å². The van der Waals surface area contributed by atoms with Crippen LogP contribution in [0.5, 0.6) is 5.75 Å². The maximum atomic E-state index is 13.1. The molecular weight excluding hydrogens is 371 g/mol. The molecule has 6 heteroatoms. The van der Waals surface area contributed by atoms with Gasteiger partial charge >= 0.3 is 0 Å². The molecule has 0 saturated carbocycles. The summed E-state index contributed by atoms with van der Waals surface area (Å²) in [5.74, 6) is 0.336. The van der Waals surface area contributed by atoms with Crippen molar-refractivity contribution in [2.24, 2.45) is 0 Å². The number of nitrogens with zero attached hydrogens (tertiary/aromatic N) is 1. The number of methoxy groups -OCH3 is 1. The first-order chi connectivity index (χ1) is 14.0. The summed E-state index contributed by atoms with van der Waals surface area (Å²) < 4.78 is 18.3. The molecule has 29 heavy (non-hydrogen) atoms. The molecule has 2 heterocycles. The van der Waals surface area contributed by atoms with Crippen LogP contribution in [0.2, 0.25) is 0 Å². The largest absolute Gasteiger partial charge is 0.497 e. The zero-order valence-corrected chi connectivity index (χ0v) is 16.4. The normalized spacial score (nSPS) is 23.0. The summed E-state index contributed by atoms with van der Waals surface area (Å²) in [6.07, 6.45) is 3.81. The highest BCUT2D eigenvalue weighted by atomic mass is 19.1. The van der Waals surface area contributed by atoms with E-state index < -0.39 is 0 Å². The summed E-state index contributed by atoms with van der Waals surface area (Å²) in [5, 5.41) is 3.06. The average molecular weight is 396 g/mol. The molecule has 2 saturated heterocycles. The highest BCUT2D eigenvalue weighted by Gasteiger charge is 2.43. The van der Waals surface area contributed by atoms with E-state index in [1.54, 1.807) is 7.11 Å². The lowest BCUT2D eigenvalue weighted by molar-refractivity contribution is -0.135. The second-order valence-electron chi connectivity index (χ2n) is 7.86. The Kier molecular flexibility index (Phi) is 5.51. The van der Waals surface area contributed by atoms with Crippen LogP contribution in [0.1, 0.15) is 41.6 Å². The van der Waals surface area contributed by atoms with Crippen molar-refractivity contribution >= 4 is 11.8 Å². The quantitative estimate of drug-likeness (QED) is 0.843. The Morgan fingerprint density at radius 1 is 1.10 bits per heavy atom. The van der Waals surface area contributed by atoms with E-state index in [0.29, 0.717) is 12.0 Å². The molecule has 1 N–H and O–H groups in total. The van der Waals surface area contributed by atoms with Crippen molar-refractivity contribution in [3.63, 3.8) is 0 Å². The Bertz CT molecular complexity index is 885. The molecule has 0 aliphatic carbocycles. The Labute approximate surface area is 169 Å². The molecule has 2 aliphatic rings. The Hall–Kier alpha value is -2.89. The predicted octanol–water partition coefficient (Wildman–Crippen LogP) is 3.33. The van der Waals surface area contributed by atoms with Crippen LogP contribution in [0, 0.1) is 5.82 Å². The molecule has 2 bridgehead atoms. The Morgan fingerprint density at radius 2 is 1.79 bits per heavy atom. The van der Waals surface area contributed by atoms with E-state index in [0.717, 1.165) is 37.0 Å².